The first-order valence-corrected chi connectivity index (χ1v) is 8.28. The number of nitro benzene ring substituents is 1. The van der Waals surface area contributed by atoms with Crippen LogP contribution in [-0.4, -0.2) is 27.2 Å². The number of carbonyl (C=O) groups excluding carboxylic acids is 1. The lowest BCUT2D eigenvalue weighted by Gasteiger charge is -2.00. The van der Waals surface area contributed by atoms with Gasteiger partial charge in [-0.25, -0.2) is 5.43 Å². The van der Waals surface area contributed by atoms with E-state index in [2.05, 4.69) is 20.7 Å². The molecule has 2 aromatic carbocycles. The first-order chi connectivity index (χ1) is 12.9. The first kappa shape index (κ1) is 18.6. The number of hydrazone groups is 1. The van der Waals surface area contributed by atoms with Crippen molar-refractivity contribution in [2.24, 2.45) is 5.10 Å². The van der Waals surface area contributed by atoms with Crippen molar-refractivity contribution in [1.82, 2.24) is 15.6 Å². The summed E-state index contributed by atoms with van der Waals surface area (Å²) in [5, 5.41) is 22.1. The molecule has 0 fully saturated rings. The maximum Gasteiger partial charge on any atom is 0.289 e. The van der Waals surface area contributed by atoms with E-state index in [1.165, 1.54) is 30.5 Å². The highest BCUT2D eigenvalue weighted by molar-refractivity contribution is 6.36. The fraction of sp³-hybridized carbons (Fsp3) is 0. The molecular formula is C17H11Cl2N5O3. The molecule has 3 aromatic rings. The van der Waals surface area contributed by atoms with Gasteiger partial charge in [-0.3, -0.25) is 20.0 Å². The van der Waals surface area contributed by atoms with E-state index in [1.807, 2.05) is 0 Å². The van der Waals surface area contributed by atoms with Crippen molar-refractivity contribution in [3.63, 3.8) is 0 Å². The lowest BCUT2D eigenvalue weighted by Crippen LogP contribution is -2.18. The van der Waals surface area contributed by atoms with Gasteiger partial charge in [-0.05, 0) is 24.3 Å². The van der Waals surface area contributed by atoms with E-state index in [1.54, 1.807) is 24.3 Å². The summed E-state index contributed by atoms with van der Waals surface area (Å²) < 4.78 is 0. The van der Waals surface area contributed by atoms with Gasteiger partial charge in [-0.15, -0.1) is 0 Å². The Morgan fingerprint density at radius 3 is 2.78 bits per heavy atom. The first-order valence-electron chi connectivity index (χ1n) is 7.53. The summed E-state index contributed by atoms with van der Waals surface area (Å²) >= 11 is 12.0. The van der Waals surface area contributed by atoms with Crippen molar-refractivity contribution in [2.75, 3.05) is 0 Å². The summed E-state index contributed by atoms with van der Waals surface area (Å²) in [5.41, 5.74) is 4.00. The number of amides is 1. The Balaban J connectivity index is 1.69. The third kappa shape index (κ3) is 4.49. The van der Waals surface area contributed by atoms with Gasteiger partial charge >= 0.3 is 0 Å². The number of benzene rings is 2. The van der Waals surface area contributed by atoms with Crippen molar-refractivity contribution >= 4 is 41.0 Å². The van der Waals surface area contributed by atoms with Crippen molar-refractivity contribution in [1.29, 1.82) is 0 Å². The van der Waals surface area contributed by atoms with Gasteiger partial charge < -0.3 is 0 Å². The van der Waals surface area contributed by atoms with Crippen molar-refractivity contribution < 1.29 is 9.72 Å². The third-order valence-corrected chi connectivity index (χ3v) is 4.04. The number of halogens is 2. The van der Waals surface area contributed by atoms with E-state index in [-0.39, 0.29) is 11.4 Å². The van der Waals surface area contributed by atoms with Crippen LogP contribution in [0.2, 0.25) is 10.0 Å². The summed E-state index contributed by atoms with van der Waals surface area (Å²) in [6.45, 7) is 0. The van der Waals surface area contributed by atoms with Crippen LogP contribution in [0.15, 0.2) is 53.6 Å². The molecule has 1 aromatic heterocycles. The van der Waals surface area contributed by atoms with Crippen LogP contribution in [-0.2, 0) is 0 Å². The number of hydrogen-bond acceptors (Lipinski definition) is 5. The molecule has 10 heteroatoms. The quantitative estimate of drug-likeness (QED) is 0.379. The fourth-order valence-electron chi connectivity index (χ4n) is 2.22. The molecule has 27 heavy (non-hydrogen) atoms. The molecule has 2 N–H and O–H groups in total. The molecule has 0 aliphatic heterocycles. The molecule has 0 atom stereocenters. The molecule has 3 rings (SSSR count). The number of aromatic amines is 1. The van der Waals surface area contributed by atoms with Gasteiger partial charge in [0.2, 0.25) is 0 Å². The molecular weight excluding hydrogens is 393 g/mol. The van der Waals surface area contributed by atoms with Crippen LogP contribution >= 0.6 is 23.2 Å². The molecule has 0 spiro atoms. The molecule has 0 radical (unpaired) electrons. The number of carbonyl (C=O) groups is 1. The van der Waals surface area contributed by atoms with Crippen LogP contribution in [0.4, 0.5) is 5.69 Å². The molecule has 0 aliphatic carbocycles. The van der Waals surface area contributed by atoms with E-state index in [4.69, 9.17) is 23.2 Å². The minimum atomic E-state index is -0.527. The fourth-order valence-corrected chi connectivity index (χ4v) is 2.72. The molecule has 0 saturated heterocycles. The van der Waals surface area contributed by atoms with Crippen LogP contribution in [0.3, 0.4) is 0 Å². The predicted octanol–water partition coefficient (Wildman–Crippen LogP) is 4.06. The van der Waals surface area contributed by atoms with Crippen LogP contribution in [0.5, 0.6) is 0 Å². The van der Waals surface area contributed by atoms with Gasteiger partial charge in [0.15, 0.2) is 0 Å². The van der Waals surface area contributed by atoms with Gasteiger partial charge in [0.25, 0.3) is 11.6 Å². The molecule has 0 saturated carbocycles. The average molecular weight is 404 g/mol. The summed E-state index contributed by atoms with van der Waals surface area (Å²) in [7, 11) is 0. The molecule has 0 bridgehead atoms. The number of non-ortho nitro benzene ring substituents is 1. The number of nitrogens with zero attached hydrogens (tertiary/aromatic N) is 3. The van der Waals surface area contributed by atoms with Gasteiger partial charge in [-0.2, -0.15) is 10.2 Å². The SMILES string of the molecule is O=C(NN=Cc1cccc([N+](=O)[O-])c1)c1cc(-c2ccc(Cl)cc2Cl)n[nH]1. The van der Waals surface area contributed by atoms with E-state index in [0.717, 1.165) is 0 Å². The van der Waals surface area contributed by atoms with Crippen LogP contribution < -0.4 is 5.43 Å². The number of hydrogen-bond donors (Lipinski definition) is 2. The number of H-pyrrole nitrogens is 1. The zero-order valence-corrected chi connectivity index (χ0v) is 15.0. The number of nitro groups is 1. The second kappa shape index (κ2) is 7.98. The lowest BCUT2D eigenvalue weighted by atomic mass is 10.1. The Labute approximate surface area is 163 Å². The van der Waals surface area contributed by atoms with E-state index in [9.17, 15) is 14.9 Å². The molecule has 0 unspecified atom stereocenters. The standard InChI is InChI=1S/C17H11Cl2N5O3/c18-11-4-5-13(14(19)7-11)15-8-16(22-21-15)17(25)23-20-9-10-2-1-3-12(6-10)24(26)27/h1-9H,(H,21,22)(H,23,25). The minimum Gasteiger partial charge on any atom is -0.272 e. The second-order valence-corrected chi connectivity index (χ2v) is 6.19. The zero-order chi connectivity index (χ0) is 19.4. The summed E-state index contributed by atoms with van der Waals surface area (Å²) in [5.74, 6) is -0.527. The maximum atomic E-state index is 12.1. The molecule has 8 nitrogen and oxygen atoms in total. The number of nitrogens with one attached hydrogen (secondary N) is 2. The molecule has 0 aliphatic rings. The van der Waals surface area contributed by atoms with Crippen LogP contribution in [0.25, 0.3) is 11.3 Å². The van der Waals surface area contributed by atoms with Crippen molar-refractivity contribution in [3.05, 3.63) is 79.9 Å². The maximum absolute atomic E-state index is 12.1. The summed E-state index contributed by atoms with van der Waals surface area (Å²) in [6.07, 6.45) is 1.30. The monoisotopic (exact) mass is 403 g/mol. The van der Waals surface area contributed by atoms with E-state index < -0.39 is 10.8 Å². The van der Waals surface area contributed by atoms with Gasteiger partial charge in [0.05, 0.1) is 21.9 Å². The second-order valence-electron chi connectivity index (χ2n) is 5.34. The predicted molar refractivity (Wildman–Crippen MR) is 102 cm³/mol. The Morgan fingerprint density at radius 1 is 1.22 bits per heavy atom. The largest absolute Gasteiger partial charge is 0.289 e. The van der Waals surface area contributed by atoms with Gasteiger partial charge in [-0.1, -0.05) is 35.3 Å². The Kier molecular flexibility index (Phi) is 5.49. The zero-order valence-electron chi connectivity index (χ0n) is 13.5. The normalized spacial score (nSPS) is 10.9. The number of aromatic nitrogens is 2. The van der Waals surface area contributed by atoms with E-state index >= 15 is 0 Å². The highest BCUT2D eigenvalue weighted by Crippen LogP contribution is 2.29. The van der Waals surface area contributed by atoms with Crippen molar-refractivity contribution in [3.8, 4) is 11.3 Å². The summed E-state index contributed by atoms with van der Waals surface area (Å²) in [4.78, 5) is 22.4. The average Bonchev–Trinajstić information content (AvgIpc) is 3.12. The van der Waals surface area contributed by atoms with Gasteiger partial charge in [0, 0.05) is 28.3 Å². The topological polar surface area (TPSA) is 113 Å². The molecule has 1 amide bonds. The molecule has 136 valence electrons. The smallest absolute Gasteiger partial charge is 0.272 e. The summed E-state index contributed by atoms with van der Waals surface area (Å²) in [6, 6.07) is 12.3. The Bertz CT molecular complexity index is 1050. The lowest BCUT2D eigenvalue weighted by molar-refractivity contribution is -0.384. The Hall–Kier alpha value is -3.23. The highest BCUT2D eigenvalue weighted by atomic mass is 35.5. The van der Waals surface area contributed by atoms with E-state index in [0.29, 0.717) is 26.9 Å². The van der Waals surface area contributed by atoms with Crippen LogP contribution in [0, 0.1) is 10.1 Å². The Morgan fingerprint density at radius 2 is 2.04 bits per heavy atom. The number of rotatable bonds is 5. The molecule has 1 heterocycles. The van der Waals surface area contributed by atoms with Crippen LogP contribution in [0.1, 0.15) is 16.1 Å². The highest BCUT2D eigenvalue weighted by Gasteiger charge is 2.13. The minimum absolute atomic E-state index is 0.0664. The third-order valence-electron chi connectivity index (χ3n) is 3.49. The van der Waals surface area contributed by atoms with Crippen molar-refractivity contribution in [2.45, 2.75) is 0 Å². The van der Waals surface area contributed by atoms with Gasteiger partial charge in [0.1, 0.15) is 5.69 Å².